The SMILES string of the molecule is Cc1nc(-c2cccc(-c3ccccc3)c2)cc(-c2ccc3c(c2)C2(c4ccccc4Sc4ccccc42)c2ccc(-c4ccncc4C)cc2-3)n1. The molecule has 2 aliphatic rings. The average molecular weight is 684 g/mol. The Balaban J connectivity index is 1.20. The number of nitrogens with zero attached hydrogens (tertiary/aromatic N) is 3. The normalized spacial score (nSPS) is 13.3. The van der Waals surface area contributed by atoms with Crippen LogP contribution in [0.15, 0.2) is 174 Å². The standard InChI is InChI=1S/C48H33N3S/c1-30-29-49-24-23-37(30)34-20-22-40-39(26-34)38-21-19-36(27-43(38)48(40)41-15-6-8-17-46(41)52-47-18-9-7-16-42(47)48)45-28-44(50-31(2)51-45)35-14-10-13-33(25-35)32-11-4-3-5-12-32/h3-29H,1-2H3. The number of aromatic nitrogens is 3. The van der Waals surface area contributed by atoms with Crippen molar-refractivity contribution in [3.63, 3.8) is 0 Å². The van der Waals surface area contributed by atoms with Gasteiger partial charge in [0.25, 0.3) is 0 Å². The van der Waals surface area contributed by atoms with Gasteiger partial charge in [-0.05, 0) is 118 Å². The third kappa shape index (κ3) is 4.72. The number of pyridine rings is 1. The Kier molecular flexibility index (Phi) is 7.09. The summed E-state index contributed by atoms with van der Waals surface area (Å²) >= 11 is 1.87. The van der Waals surface area contributed by atoms with Gasteiger partial charge in [0.15, 0.2) is 0 Å². The van der Waals surface area contributed by atoms with Crippen molar-refractivity contribution in [3.8, 4) is 55.9 Å². The maximum atomic E-state index is 5.05. The van der Waals surface area contributed by atoms with Crippen molar-refractivity contribution in [3.05, 3.63) is 198 Å². The van der Waals surface area contributed by atoms with Gasteiger partial charge in [-0.2, -0.15) is 0 Å². The van der Waals surface area contributed by atoms with Gasteiger partial charge in [0.1, 0.15) is 5.82 Å². The highest BCUT2D eigenvalue weighted by atomic mass is 32.2. The zero-order chi connectivity index (χ0) is 34.8. The summed E-state index contributed by atoms with van der Waals surface area (Å²) in [5.74, 6) is 0.748. The summed E-state index contributed by atoms with van der Waals surface area (Å²) in [6, 6.07) is 55.4. The van der Waals surface area contributed by atoms with E-state index in [1.165, 1.54) is 71.0 Å². The van der Waals surface area contributed by atoms with Gasteiger partial charge in [0.2, 0.25) is 0 Å². The van der Waals surface area contributed by atoms with Crippen LogP contribution in [0, 0.1) is 13.8 Å². The molecule has 0 atom stereocenters. The minimum Gasteiger partial charge on any atom is -0.264 e. The van der Waals surface area contributed by atoms with Gasteiger partial charge in [-0.1, -0.05) is 121 Å². The summed E-state index contributed by atoms with van der Waals surface area (Å²) in [4.78, 5) is 16.9. The van der Waals surface area contributed by atoms with Crippen molar-refractivity contribution in [1.82, 2.24) is 15.0 Å². The van der Waals surface area contributed by atoms with Crippen LogP contribution >= 0.6 is 11.8 Å². The second kappa shape index (κ2) is 12.0. The van der Waals surface area contributed by atoms with Crippen LogP contribution in [-0.2, 0) is 5.41 Å². The fourth-order valence-electron chi connectivity index (χ4n) is 8.38. The Hall–Kier alpha value is -6.10. The van der Waals surface area contributed by atoms with E-state index in [1.807, 2.05) is 31.1 Å². The van der Waals surface area contributed by atoms with E-state index in [0.717, 1.165) is 28.3 Å². The molecule has 246 valence electrons. The minimum atomic E-state index is -0.486. The lowest BCUT2D eigenvalue weighted by molar-refractivity contribution is 0.722. The number of aryl methyl sites for hydroxylation is 2. The molecule has 3 nitrogen and oxygen atoms in total. The molecule has 0 radical (unpaired) electrons. The molecule has 0 unspecified atom stereocenters. The lowest BCUT2D eigenvalue weighted by Gasteiger charge is -2.39. The Morgan fingerprint density at radius 3 is 1.85 bits per heavy atom. The van der Waals surface area contributed by atoms with Crippen LogP contribution < -0.4 is 0 Å². The van der Waals surface area contributed by atoms with Crippen LogP contribution in [0.1, 0.15) is 33.6 Å². The molecule has 3 heterocycles. The molecule has 6 aromatic carbocycles. The molecule has 0 bridgehead atoms. The number of hydrogen-bond donors (Lipinski definition) is 0. The highest BCUT2D eigenvalue weighted by molar-refractivity contribution is 7.99. The highest BCUT2D eigenvalue weighted by Gasteiger charge is 2.50. The lowest BCUT2D eigenvalue weighted by Crippen LogP contribution is -2.32. The Bertz CT molecular complexity index is 2650. The monoisotopic (exact) mass is 683 g/mol. The van der Waals surface area contributed by atoms with Gasteiger partial charge >= 0.3 is 0 Å². The van der Waals surface area contributed by atoms with Crippen molar-refractivity contribution in [2.24, 2.45) is 0 Å². The third-order valence-electron chi connectivity index (χ3n) is 10.7. The Labute approximate surface area is 308 Å². The molecule has 0 N–H and O–H groups in total. The van der Waals surface area contributed by atoms with E-state index in [9.17, 15) is 0 Å². The van der Waals surface area contributed by atoms with Crippen LogP contribution in [0.25, 0.3) is 55.9 Å². The van der Waals surface area contributed by atoms with Crippen LogP contribution in [0.5, 0.6) is 0 Å². The first kappa shape index (κ1) is 30.7. The molecule has 0 amide bonds. The van der Waals surface area contributed by atoms with Crippen LogP contribution in [0.2, 0.25) is 0 Å². The second-order valence-electron chi connectivity index (χ2n) is 13.7. The Morgan fingerprint density at radius 1 is 0.442 bits per heavy atom. The van der Waals surface area contributed by atoms with Crippen molar-refractivity contribution in [2.45, 2.75) is 29.1 Å². The molecular formula is C48H33N3S. The van der Waals surface area contributed by atoms with E-state index in [2.05, 4.69) is 164 Å². The summed E-state index contributed by atoms with van der Waals surface area (Å²) in [5.41, 5.74) is 17.2. The summed E-state index contributed by atoms with van der Waals surface area (Å²) in [7, 11) is 0. The highest BCUT2D eigenvalue weighted by Crippen LogP contribution is 2.62. The van der Waals surface area contributed by atoms with Gasteiger partial charge in [0, 0.05) is 33.3 Å². The first-order valence-electron chi connectivity index (χ1n) is 17.7. The Morgan fingerprint density at radius 2 is 1.10 bits per heavy atom. The molecular weight excluding hydrogens is 651 g/mol. The minimum absolute atomic E-state index is 0.486. The third-order valence-corrected chi connectivity index (χ3v) is 11.8. The number of fused-ring (bicyclic) bond motifs is 9. The molecule has 1 spiro atoms. The molecule has 4 heteroatoms. The predicted molar refractivity (Wildman–Crippen MR) is 212 cm³/mol. The van der Waals surface area contributed by atoms with Gasteiger partial charge in [-0.25, -0.2) is 9.97 Å². The zero-order valence-electron chi connectivity index (χ0n) is 28.8. The van der Waals surface area contributed by atoms with E-state index >= 15 is 0 Å². The van der Waals surface area contributed by atoms with Gasteiger partial charge < -0.3 is 0 Å². The van der Waals surface area contributed by atoms with E-state index in [4.69, 9.17) is 9.97 Å². The van der Waals surface area contributed by atoms with E-state index in [-0.39, 0.29) is 0 Å². The van der Waals surface area contributed by atoms with Crippen molar-refractivity contribution in [2.75, 3.05) is 0 Å². The molecule has 1 aliphatic carbocycles. The van der Waals surface area contributed by atoms with Gasteiger partial charge in [-0.3, -0.25) is 4.98 Å². The second-order valence-corrected chi connectivity index (χ2v) is 14.8. The van der Waals surface area contributed by atoms with Crippen LogP contribution in [-0.4, -0.2) is 15.0 Å². The first-order valence-corrected chi connectivity index (χ1v) is 18.5. The van der Waals surface area contributed by atoms with E-state index < -0.39 is 5.41 Å². The smallest absolute Gasteiger partial charge is 0.126 e. The number of benzene rings is 6. The quantitative estimate of drug-likeness (QED) is 0.185. The summed E-state index contributed by atoms with van der Waals surface area (Å²) in [5, 5.41) is 0. The predicted octanol–water partition coefficient (Wildman–Crippen LogP) is 12.0. The fourth-order valence-corrected chi connectivity index (χ4v) is 9.57. The molecule has 0 saturated carbocycles. The number of rotatable bonds is 4. The summed E-state index contributed by atoms with van der Waals surface area (Å²) in [6.07, 6.45) is 3.84. The van der Waals surface area contributed by atoms with Gasteiger partial charge in [0.05, 0.1) is 16.8 Å². The van der Waals surface area contributed by atoms with Crippen molar-refractivity contribution in [1.29, 1.82) is 0 Å². The lowest BCUT2D eigenvalue weighted by atomic mass is 9.67. The molecule has 52 heavy (non-hydrogen) atoms. The maximum Gasteiger partial charge on any atom is 0.126 e. The largest absolute Gasteiger partial charge is 0.264 e. The van der Waals surface area contributed by atoms with E-state index in [0.29, 0.717) is 0 Å². The van der Waals surface area contributed by atoms with Crippen molar-refractivity contribution >= 4 is 11.8 Å². The summed E-state index contributed by atoms with van der Waals surface area (Å²) < 4.78 is 0. The zero-order valence-corrected chi connectivity index (χ0v) is 29.7. The van der Waals surface area contributed by atoms with Gasteiger partial charge in [-0.15, -0.1) is 0 Å². The topological polar surface area (TPSA) is 38.7 Å². The molecule has 8 aromatic rings. The van der Waals surface area contributed by atoms with E-state index in [1.54, 1.807) is 0 Å². The molecule has 2 aromatic heterocycles. The maximum absolute atomic E-state index is 5.05. The molecule has 10 rings (SSSR count). The number of hydrogen-bond acceptors (Lipinski definition) is 4. The average Bonchev–Trinajstić information content (AvgIpc) is 3.47. The molecule has 0 fully saturated rings. The first-order chi connectivity index (χ1) is 25.6. The van der Waals surface area contributed by atoms with Crippen LogP contribution in [0.3, 0.4) is 0 Å². The molecule has 0 saturated heterocycles. The molecule has 1 aliphatic heterocycles. The fraction of sp³-hybridized carbons (Fsp3) is 0.0625. The summed E-state index contributed by atoms with van der Waals surface area (Å²) in [6.45, 7) is 4.13. The van der Waals surface area contributed by atoms with Crippen LogP contribution in [0.4, 0.5) is 0 Å². The van der Waals surface area contributed by atoms with Crippen molar-refractivity contribution < 1.29 is 0 Å².